The molecule has 0 saturated carbocycles. The van der Waals surface area contributed by atoms with E-state index in [9.17, 15) is 19.6 Å². The van der Waals surface area contributed by atoms with E-state index in [0.717, 1.165) is 45.7 Å². The van der Waals surface area contributed by atoms with Crippen molar-refractivity contribution in [1.82, 2.24) is 10.2 Å². The van der Waals surface area contributed by atoms with Crippen LogP contribution in [-0.4, -0.2) is 29.3 Å². The average molecular weight is 485 g/mol. The summed E-state index contributed by atoms with van der Waals surface area (Å²) < 4.78 is 0. The van der Waals surface area contributed by atoms with E-state index in [1.807, 2.05) is 62.4 Å². The van der Waals surface area contributed by atoms with Crippen LogP contribution in [0.1, 0.15) is 44.7 Å². The number of nitrogens with zero attached hydrogens (tertiary/aromatic N) is 2. The first kappa shape index (κ1) is 22.8. The maximum Gasteiger partial charge on any atom is 0.326 e. The zero-order valence-electron chi connectivity index (χ0n) is 19.5. The number of fused-ring (bicyclic) bond motifs is 1. The number of aryl methyl sites for hydroxylation is 3. The van der Waals surface area contributed by atoms with E-state index in [2.05, 4.69) is 16.7 Å². The minimum Gasteiger partial charge on any atom is -0.315 e. The monoisotopic (exact) mass is 484 g/mol. The normalized spacial score (nSPS) is 16.1. The number of nitrogens with one attached hydrogen (secondary N) is 2. The van der Waals surface area contributed by atoms with Crippen LogP contribution in [0.4, 0.5) is 9.80 Å². The quantitative estimate of drug-likeness (QED) is 0.531. The zero-order valence-corrected chi connectivity index (χ0v) is 20.3. The number of rotatable bonds is 5. The van der Waals surface area contributed by atoms with E-state index in [0.29, 0.717) is 21.7 Å². The van der Waals surface area contributed by atoms with Gasteiger partial charge in [-0.05, 0) is 49.8 Å². The summed E-state index contributed by atoms with van der Waals surface area (Å²) in [5.74, 6) is -1.03. The van der Waals surface area contributed by atoms with Crippen molar-refractivity contribution in [3.8, 4) is 6.07 Å². The van der Waals surface area contributed by atoms with E-state index in [-0.39, 0.29) is 0 Å². The highest BCUT2D eigenvalue weighted by Crippen LogP contribution is 2.39. The molecule has 2 N–H and O–H groups in total. The Morgan fingerprint density at radius 1 is 1.06 bits per heavy atom. The Kier molecular flexibility index (Phi) is 5.65. The van der Waals surface area contributed by atoms with Crippen LogP contribution in [-0.2, 0) is 28.0 Å². The number of thiophene rings is 1. The average Bonchev–Trinajstić information content (AvgIpc) is 3.48. The Bertz CT molecular complexity index is 1340. The summed E-state index contributed by atoms with van der Waals surface area (Å²) in [5.41, 5.74) is 3.35. The fourth-order valence-electron chi connectivity index (χ4n) is 4.81. The van der Waals surface area contributed by atoms with E-state index in [4.69, 9.17) is 0 Å². The van der Waals surface area contributed by atoms with Gasteiger partial charge in [0.05, 0.1) is 5.56 Å². The van der Waals surface area contributed by atoms with Crippen LogP contribution in [0.5, 0.6) is 0 Å². The van der Waals surface area contributed by atoms with Crippen LogP contribution >= 0.6 is 11.3 Å². The summed E-state index contributed by atoms with van der Waals surface area (Å²) in [6, 6.07) is 16.4. The fourth-order valence-corrected chi connectivity index (χ4v) is 6.06. The van der Waals surface area contributed by atoms with E-state index in [1.54, 1.807) is 0 Å². The molecular weight excluding hydrogens is 460 g/mol. The van der Waals surface area contributed by atoms with Crippen LogP contribution in [0.15, 0.2) is 48.5 Å². The lowest BCUT2D eigenvalue weighted by molar-refractivity contribution is -0.133. The molecule has 1 saturated heterocycles. The van der Waals surface area contributed by atoms with Crippen LogP contribution in [0, 0.1) is 25.2 Å². The topological polar surface area (TPSA) is 102 Å². The number of urea groups is 1. The minimum absolute atomic E-state index is 0.447. The van der Waals surface area contributed by atoms with Crippen molar-refractivity contribution in [2.75, 3.05) is 11.9 Å². The van der Waals surface area contributed by atoms with Gasteiger partial charge in [-0.25, -0.2) is 4.79 Å². The number of imide groups is 1. The summed E-state index contributed by atoms with van der Waals surface area (Å²) in [5, 5.41) is 15.7. The number of amides is 4. The van der Waals surface area contributed by atoms with Crippen LogP contribution in [0.3, 0.4) is 0 Å². The number of carbonyl (C=O) groups excluding carboxylic acids is 3. The largest absolute Gasteiger partial charge is 0.326 e. The molecule has 0 spiro atoms. The molecule has 5 rings (SSSR count). The summed E-state index contributed by atoms with van der Waals surface area (Å²) >= 11 is 1.40. The lowest BCUT2D eigenvalue weighted by atomic mass is 9.82. The van der Waals surface area contributed by atoms with Crippen LogP contribution < -0.4 is 10.6 Å². The molecule has 1 fully saturated rings. The third-order valence-electron chi connectivity index (χ3n) is 6.66. The van der Waals surface area contributed by atoms with Gasteiger partial charge < -0.3 is 10.6 Å². The van der Waals surface area contributed by atoms with Crippen molar-refractivity contribution >= 4 is 34.2 Å². The first-order chi connectivity index (χ1) is 16.8. The molecule has 0 radical (unpaired) electrons. The Morgan fingerprint density at radius 3 is 2.23 bits per heavy atom. The van der Waals surface area contributed by atoms with Gasteiger partial charge in [-0.15, -0.1) is 11.3 Å². The Morgan fingerprint density at radius 2 is 1.66 bits per heavy atom. The predicted molar refractivity (Wildman–Crippen MR) is 133 cm³/mol. The highest BCUT2D eigenvalue weighted by molar-refractivity contribution is 7.16. The van der Waals surface area contributed by atoms with Crippen LogP contribution in [0.2, 0.25) is 0 Å². The van der Waals surface area contributed by atoms with Crippen molar-refractivity contribution in [1.29, 1.82) is 5.26 Å². The second kappa shape index (κ2) is 8.67. The molecule has 176 valence electrons. The maximum atomic E-state index is 13.8. The fraction of sp³-hybridized carbons (Fsp3) is 0.259. The van der Waals surface area contributed by atoms with Crippen molar-refractivity contribution < 1.29 is 14.4 Å². The molecule has 0 atom stereocenters. The molecule has 2 heterocycles. The smallest absolute Gasteiger partial charge is 0.315 e. The molecule has 8 heteroatoms. The molecule has 0 bridgehead atoms. The number of hydrogen-bond acceptors (Lipinski definition) is 5. The molecule has 3 aromatic rings. The van der Waals surface area contributed by atoms with Crippen molar-refractivity contribution in [2.24, 2.45) is 0 Å². The second-order valence-corrected chi connectivity index (χ2v) is 10.1. The zero-order chi connectivity index (χ0) is 24.7. The highest BCUT2D eigenvalue weighted by Gasteiger charge is 2.54. The van der Waals surface area contributed by atoms with Gasteiger partial charge in [0.1, 0.15) is 17.6 Å². The number of carbonyl (C=O) groups is 3. The third-order valence-corrected chi connectivity index (χ3v) is 7.87. The SMILES string of the molecule is Cc1ccc(C2(c3ccc(C)cc3)NC(=O)N(CC(=O)Nc3sc4c(c3C#N)CCC4)C2=O)cc1. The Hall–Kier alpha value is -3.96. The molecule has 1 aliphatic carbocycles. The summed E-state index contributed by atoms with van der Waals surface area (Å²) in [7, 11) is 0. The van der Waals surface area contributed by atoms with Gasteiger partial charge in [-0.3, -0.25) is 14.5 Å². The molecule has 2 aliphatic rings. The molecule has 35 heavy (non-hydrogen) atoms. The second-order valence-electron chi connectivity index (χ2n) is 9.02. The number of nitriles is 1. The molecule has 1 aliphatic heterocycles. The van der Waals surface area contributed by atoms with Gasteiger partial charge in [0, 0.05) is 4.88 Å². The molecule has 4 amide bonds. The van der Waals surface area contributed by atoms with Crippen molar-refractivity contribution in [3.63, 3.8) is 0 Å². The third kappa shape index (κ3) is 3.78. The minimum atomic E-state index is -1.43. The number of hydrogen-bond donors (Lipinski definition) is 2. The van der Waals surface area contributed by atoms with Gasteiger partial charge in [0.15, 0.2) is 5.54 Å². The van der Waals surface area contributed by atoms with Gasteiger partial charge in [0.2, 0.25) is 5.91 Å². The molecule has 1 aromatic heterocycles. The lowest BCUT2D eigenvalue weighted by Gasteiger charge is -2.28. The summed E-state index contributed by atoms with van der Waals surface area (Å²) in [6.07, 6.45) is 2.73. The van der Waals surface area contributed by atoms with Crippen molar-refractivity contribution in [2.45, 2.75) is 38.6 Å². The summed E-state index contributed by atoms with van der Waals surface area (Å²) in [4.78, 5) is 41.9. The van der Waals surface area contributed by atoms with Gasteiger partial charge in [0.25, 0.3) is 5.91 Å². The molecule has 0 unspecified atom stereocenters. The van der Waals surface area contributed by atoms with Crippen molar-refractivity contribution in [3.05, 3.63) is 86.8 Å². The Labute approximate surface area is 207 Å². The first-order valence-electron chi connectivity index (χ1n) is 11.5. The predicted octanol–water partition coefficient (Wildman–Crippen LogP) is 4.16. The highest BCUT2D eigenvalue weighted by atomic mass is 32.1. The van der Waals surface area contributed by atoms with E-state index < -0.39 is 29.9 Å². The van der Waals surface area contributed by atoms with Gasteiger partial charge >= 0.3 is 6.03 Å². The van der Waals surface area contributed by atoms with E-state index >= 15 is 0 Å². The number of benzene rings is 2. The number of anilines is 1. The molecular formula is C27H24N4O3S. The van der Waals surface area contributed by atoms with Gasteiger partial charge in [-0.1, -0.05) is 59.7 Å². The maximum absolute atomic E-state index is 13.8. The first-order valence-corrected chi connectivity index (χ1v) is 12.3. The standard InChI is InChI=1S/C27H24N4O3S/c1-16-6-10-18(11-7-16)27(19-12-8-17(2)9-13-19)25(33)31(26(34)30-27)15-23(32)29-24-21(14-28)20-4-3-5-22(20)35-24/h6-13H,3-5,15H2,1-2H3,(H,29,32)(H,30,34). The molecule has 2 aromatic carbocycles. The summed E-state index contributed by atoms with van der Waals surface area (Å²) in [6.45, 7) is 3.45. The molecule has 7 nitrogen and oxygen atoms in total. The van der Waals surface area contributed by atoms with E-state index in [1.165, 1.54) is 11.3 Å². The van der Waals surface area contributed by atoms with Gasteiger partial charge in [-0.2, -0.15) is 5.26 Å². The Balaban J connectivity index is 1.45. The lowest BCUT2D eigenvalue weighted by Crippen LogP contribution is -2.45. The van der Waals surface area contributed by atoms with Crippen LogP contribution in [0.25, 0.3) is 0 Å².